The van der Waals surface area contributed by atoms with E-state index in [1.54, 1.807) is 7.11 Å². The third kappa shape index (κ3) is 3.07. The van der Waals surface area contributed by atoms with Crippen molar-refractivity contribution in [1.82, 2.24) is 5.32 Å². The van der Waals surface area contributed by atoms with Crippen molar-refractivity contribution < 1.29 is 9.47 Å². The van der Waals surface area contributed by atoms with Gasteiger partial charge in [-0.3, -0.25) is 4.99 Å². The molecular weight excluding hydrogens is 368 g/mol. The van der Waals surface area contributed by atoms with Crippen LogP contribution in [0.3, 0.4) is 0 Å². The molecule has 0 amide bonds. The first-order chi connectivity index (χ1) is 10.7. The Labute approximate surface area is 142 Å². The molecule has 0 atom stereocenters. The molecule has 0 aromatic heterocycles. The summed E-state index contributed by atoms with van der Waals surface area (Å²) in [6, 6.07) is 8.06. The number of hydrogen-bond acceptors (Lipinski definition) is 4. The Morgan fingerprint density at radius 2 is 2.18 bits per heavy atom. The zero-order valence-corrected chi connectivity index (χ0v) is 14.5. The highest BCUT2D eigenvalue weighted by Crippen LogP contribution is 2.38. The highest BCUT2D eigenvalue weighted by Gasteiger charge is 2.19. The molecule has 6 heteroatoms. The van der Waals surface area contributed by atoms with Crippen molar-refractivity contribution in [1.29, 1.82) is 0 Å². The zero-order chi connectivity index (χ0) is 15.5. The predicted octanol–water partition coefficient (Wildman–Crippen LogP) is 3.63. The molecule has 3 rings (SSSR count). The van der Waals surface area contributed by atoms with E-state index in [-0.39, 0.29) is 0 Å². The van der Waals surface area contributed by atoms with Gasteiger partial charge in [-0.05, 0) is 23.6 Å². The van der Waals surface area contributed by atoms with Crippen LogP contribution in [0.4, 0.5) is 0 Å². The lowest BCUT2D eigenvalue weighted by Crippen LogP contribution is -2.21. The van der Waals surface area contributed by atoms with Gasteiger partial charge in [-0.25, -0.2) is 0 Å². The molecule has 0 unspecified atom stereocenters. The Kier molecular flexibility index (Phi) is 4.86. The molecule has 0 saturated carbocycles. The van der Waals surface area contributed by atoms with Gasteiger partial charge in [-0.1, -0.05) is 33.6 Å². The van der Waals surface area contributed by atoms with Gasteiger partial charge in [0.1, 0.15) is 18.2 Å². The minimum Gasteiger partial charge on any atom is -0.489 e. The summed E-state index contributed by atoms with van der Waals surface area (Å²) in [5.74, 6) is 1.48. The lowest BCUT2D eigenvalue weighted by molar-refractivity contribution is 0.146. The average Bonchev–Trinajstić information content (AvgIpc) is 3.03. The molecule has 1 aliphatic rings. The van der Waals surface area contributed by atoms with Crippen molar-refractivity contribution >= 4 is 44.1 Å². The number of halogens is 2. The summed E-state index contributed by atoms with van der Waals surface area (Å²) in [5.41, 5.74) is 0.893. The van der Waals surface area contributed by atoms with E-state index in [4.69, 9.17) is 21.1 Å². The molecule has 4 nitrogen and oxygen atoms in total. The van der Waals surface area contributed by atoms with Gasteiger partial charge in [-0.15, -0.1) is 0 Å². The lowest BCUT2D eigenvalue weighted by atomic mass is 10.0. The third-order valence-electron chi connectivity index (χ3n) is 3.46. The van der Waals surface area contributed by atoms with Gasteiger partial charge in [-0.2, -0.15) is 0 Å². The number of nitrogens with zero attached hydrogens (tertiary/aromatic N) is 1. The Balaban J connectivity index is 2.13. The molecule has 0 spiro atoms. The Hall–Kier alpha value is -1.30. The van der Waals surface area contributed by atoms with E-state index >= 15 is 0 Å². The average molecular weight is 384 g/mol. The standard InChI is InChI=1S/C16H16BrClN2O2/c1-21-6-7-22-15-13(16-19-4-5-20-16)9-10-8-11(17)2-3-12(10)14(15)18/h2-3,8-9H,4-7H2,1H3,(H,19,20). The van der Waals surface area contributed by atoms with Crippen LogP contribution in [0.2, 0.25) is 5.02 Å². The van der Waals surface area contributed by atoms with Crippen LogP contribution in [0, 0.1) is 0 Å². The van der Waals surface area contributed by atoms with E-state index in [2.05, 4.69) is 32.3 Å². The summed E-state index contributed by atoms with van der Waals surface area (Å²) in [6.45, 7) is 2.55. The van der Waals surface area contributed by atoms with Crippen LogP contribution in [0.25, 0.3) is 10.8 Å². The second kappa shape index (κ2) is 6.86. The number of methoxy groups -OCH3 is 1. The number of aliphatic imine (C=N–C) groups is 1. The van der Waals surface area contributed by atoms with Gasteiger partial charge in [0, 0.05) is 23.5 Å². The topological polar surface area (TPSA) is 42.9 Å². The number of benzene rings is 2. The van der Waals surface area contributed by atoms with E-state index in [1.165, 1.54) is 0 Å². The van der Waals surface area contributed by atoms with Crippen LogP contribution in [0.1, 0.15) is 5.56 Å². The van der Waals surface area contributed by atoms with E-state index in [9.17, 15) is 0 Å². The number of amidine groups is 1. The van der Waals surface area contributed by atoms with Crippen LogP contribution in [-0.4, -0.2) is 39.2 Å². The molecule has 0 aliphatic carbocycles. The summed E-state index contributed by atoms with van der Waals surface area (Å²) >= 11 is 10.1. The van der Waals surface area contributed by atoms with E-state index in [1.807, 2.05) is 18.2 Å². The van der Waals surface area contributed by atoms with Crippen LogP contribution < -0.4 is 10.1 Å². The number of hydrogen-bond donors (Lipinski definition) is 1. The van der Waals surface area contributed by atoms with E-state index in [0.717, 1.165) is 39.7 Å². The molecule has 0 saturated heterocycles. The van der Waals surface area contributed by atoms with Gasteiger partial charge in [0.25, 0.3) is 0 Å². The summed E-state index contributed by atoms with van der Waals surface area (Å²) in [6.07, 6.45) is 0. The second-order valence-corrected chi connectivity index (χ2v) is 6.22. The van der Waals surface area contributed by atoms with Gasteiger partial charge >= 0.3 is 0 Å². The van der Waals surface area contributed by atoms with Crippen molar-refractivity contribution in [3.05, 3.63) is 39.3 Å². The van der Waals surface area contributed by atoms with Crippen molar-refractivity contribution in [2.24, 2.45) is 4.99 Å². The van der Waals surface area contributed by atoms with Crippen LogP contribution in [0.5, 0.6) is 5.75 Å². The molecule has 2 aromatic rings. The van der Waals surface area contributed by atoms with Crippen LogP contribution in [0.15, 0.2) is 33.7 Å². The largest absolute Gasteiger partial charge is 0.489 e. The maximum absolute atomic E-state index is 6.59. The molecule has 116 valence electrons. The highest BCUT2D eigenvalue weighted by molar-refractivity contribution is 9.10. The van der Waals surface area contributed by atoms with Crippen molar-refractivity contribution in [3.63, 3.8) is 0 Å². The molecular formula is C16H16BrClN2O2. The van der Waals surface area contributed by atoms with Gasteiger partial charge in [0.05, 0.1) is 23.7 Å². The molecule has 1 aliphatic heterocycles. The number of ether oxygens (including phenoxy) is 2. The SMILES string of the molecule is COCCOc1c(C2=NCCN2)cc2cc(Br)ccc2c1Cl. The lowest BCUT2D eigenvalue weighted by Gasteiger charge is -2.16. The monoisotopic (exact) mass is 382 g/mol. The molecule has 2 aromatic carbocycles. The zero-order valence-electron chi connectivity index (χ0n) is 12.2. The minimum atomic E-state index is 0.443. The smallest absolute Gasteiger partial charge is 0.149 e. The maximum atomic E-state index is 6.59. The Bertz CT molecular complexity index is 734. The van der Waals surface area contributed by atoms with Gasteiger partial charge in [0.2, 0.25) is 0 Å². The Morgan fingerprint density at radius 3 is 2.91 bits per heavy atom. The number of rotatable bonds is 5. The first kappa shape index (κ1) is 15.6. The predicted molar refractivity (Wildman–Crippen MR) is 93.4 cm³/mol. The van der Waals surface area contributed by atoms with Crippen molar-refractivity contribution in [2.75, 3.05) is 33.4 Å². The summed E-state index contributed by atoms with van der Waals surface area (Å²) in [7, 11) is 1.65. The van der Waals surface area contributed by atoms with Crippen molar-refractivity contribution in [3.8, 4) is 5.75 Å². The molecule has 0 bridgehead atoms. The molecule has 0 fully saturated rings. The van der Waals surface area contributed by atoms with E-state index in [0.29, 0.717) is 24.0 Å². The second-order valence-electron chi connectivity index (χ2n) is 4.93. The molecule has 1 heterocycles. The third-order valence-corrected chi connectivity index (χ3v) is 4.33. The fourth-order valence-corrected chi connectivity index (χ4v) is 3.14. The first-order valence-electron chi connectivity index (χ1n) is 7.03. The fraction of sp³-hybridized carbons (Fsp3) is 0.312. The maximum Gasteiger partial charge on any atom is 0.149 e. The molecule has 0 radical (unpaired) electrons. The normalized spacial score (nSPS) is 14.0. The molecule has 1 N–H and O–H groups in total. The molecule has 22 heavy (non-hydrogen) atoms. The summed E-state index contributed by atoms with van der Waals surface area (Å²) in [4.78, 5) is 4.49. The first-order valence-corrected chi connectivity index (χ1v) is 8.20. The summed E-state index contributed by atoms with van der Waals surface area (Å²) < 4.78 is 11.9. The quantitative estimate of drug-likeness (QED) is 0.802. The van der Waals surface area contributed by atoms with E-state index < -0.39 is 0 Å². The highest BCUT2D eigenvalue weighted by atomic mass is 79.9. The minimum absolute atomic E-state index is 0.443. The Morgan fingerprint density at radius 1 is 1.32 bits per heavy atom. The van der Waals surface area contributed by atoms with Crippen molar-refractivity contribution in [2.45, 2.75) is 0 Å². The summed E-state index contributed by atoms with van der Waals surface area (Å²) in [5, 5.41) is 5.89. The van der Waals surface area contributed by atoms with Crippen LogP contribution >= 0.6 is 27.5 Å². The fourth-order valence-electron chi connectivity index (χ4n) is 2.44. The number of nitrogens with one attached hydrogen (secondary N) is 1. The van der Waals surface area contributed by atoms with Crippen LogP contribution in [-0.2, 0) is 4.74 Å². The van der Waals surface area contributed by atoms with Gasteiger partial charge in [0.15, 0.2) is 0 Å². The number of fused-ring (bicyclic) bond motifs is 1. The van der Waals surface area contributed by atoms with Gasteiger partial charge < -0.3 is 14.8 Å².